The largest absolute Gasteiger partial charge is 0.309 e. The van der Waals surface area contributed by atoms with Gasteiger partial charge in [-0.25, -0.2) is 0 Å². The summed E-state index contributed by atoms with van der Waals surface area (Å²) in [6.45, 7) is 5.61. The maximum Gasteiger partial charge on any atom is 0.0409 e. The van der Waals surface area contributed by atoms with Crippen molar-refractivity contribution in [2.24, 2.45) is 5.41 Å². The van der Waals surface area contributed by atoms with E-state index in [0.29, 0.717) is 6.04 Å². The molecule has 0 amide bonds. The Kier molecular flexibility index (Phi) is 4.01. The molecule has 2 nitrogen and oxygen atoms in total. The molecule has 0 saturated heterocycles. The van der Waals surface area contributed by atoms with Crippen molar-refractivity contribution in [1.29, 1.82) is 0 Å². The number of nitrogens with zero attached hydrogens (tertiary/aromatic N) is 1. The van der Waals surface area contributed by atoms with Crippen LogP contribution in [0.1, 0.15) is 36.6 Å². The fourth-order valence-corrected chi connectivity index (χ4v) is 3.49. The first-order valence-corrected chi connectivity index (χ1v) is 7.85. The summed E-state index contributed by atoms with van der Waals surface area (Å²) < 4.78 is 0. The van der Waals surface area contributed by atoms with Crippen LogP contribution in [0.2, 0.25) is 5.02 Å². The van der Waals surface area contributed by atoms with Gasteiger partial charge in [-0.15, -0.1) is 0 Å². The molecule has 21 heavy (non-hydrogen) atoms. The second-order valence-corrected chi connectivity index (χ2v) is 6.94. The Morgan fingerprint density at radius 1 is 1.24 bits per heavy atom. The van der Waals surface area contributed by atoms with E-state index in [1.807, 2.05) is 18.5 Å². The second kappa shape index (κ2) is 5.78. The fourth-order valence-electron chi connectivity index (χ4n) is 3.31. The van der Waals surface area contributed by atoms with Crippen LogP contribution >= 0.6 is 11.6 Å². The van der Waals surface area contributed by atoms with Crippen molar-refractivity contribution in [3.8, 4) is 0 Å². The van der Waals surface area contributed by atoms with Gasteiger partial charge in [-0.05, 0) is 65.8 Å². The van der Waals surface area contributed by atoms with E-state index in [-0.39, 0.29) is 5.41 Å². The van der Waals surface area contributed by atoms with E-state index >= 15 is 0 Å². The fraction of sp³-hybridized carbons (Fsp3) is 0.389. The first kappa shape index (κ1) is 14.6. The number of hydrogen-bond donors (Lipinski definition) is 1. The number of nitrogens with one attached hydrogen (secondary N) is 1. The first-order chi connectivity index (χ1) is 10.1. The zero-order valence-electron chi connectivity index (χ0n) is 12.6. The number of pyridine rings is 1. The Bertz CT molecular complexity index is 622. The van der Waals surface area contributed by atoms with Crippen LogP contribution in [-0.4, -0.2) is 11.5 Å². The molecule has 3 heteroatoms. The van der Waals surface area contributed by atoms with Crippen LogP contribution < -0.4 is 5.32 Å². The number of benzene rings is 1. The van der Waals surface area contributed by atoms with Crippen molar-refractivity contribution < 1.29 is 0 Å². The minimum atomic E-state index is 0.227. The molecule has 1 unspecified atom stereocenters. The van der Waals surface area contributed by atoms with Gasteiger partial charge in [0.15, 0.2) is 0 Å². The van der Waals surface area contributed by atoms with E-state index in [9.17, 15) is 0 Å². The van der Waals surface area contributed by atoms with Gasteiger partial charge in [-0.1, -0.05) is 31.5 Å². The molecule has 0 fully saturated rings. The lowest BCUT2D eigenvalue weighted by molar-refractivity contribution is 0.271. The van der Waals surface area contributed by atoms with Crippen LogP contribution in [0.5, 0.6) is 0 Å². The average molecular weight is 301 g/mol. The lowest BCUT2D eigenvalue weighted by Crippen LogP contribution is -2.32. The molecule has 110 valence electrons. The van der Waals surface area contributed by atoms with Crippen LogP contribution in [0.25, 0.3) is 0 Å². The second-order valence-electron chi connectivity index (χ2n) is 6.50. The van der Waals surface area contributed by atoms with Crippen molar-refractivity contribution in [1.82, 2.24) is 10.3 Å². The van der Waals surface area contributed by atoms with Crippen molar-refractivity contribution >= 4 is 11.6 Å². The predicted octanol–water partition coefficient (Wildman–Crippen LogP) is 4.19. The van der Waals surface area contributed by atoms with Crippen molar-refractivity contribution in [3.63, 3.8) is 0 Å². The topological polar surface area (TPSA) is 24.9 Å². The summed E-state index contributed by atoms with van der Waals surface area (Å²) in [6, 6.07) is 10.8. The molecular formula is C18H21ClN2. The van der Waals surface area contributed by atoms with E-state index < -0.39 is 0 Å². The molecule has 0 bridgehead atoms. The lowest BCUT2D eigenvalue weighted by atomic mass is 9.85. The third-order valence-electron chi connectivity index (χ3n) is 4.36. The SMILES string of the molecule is CC1(C)Cc2ccc(Cl)cc2C1NCCc1ccncc1. The maximum atomic E-state index is 6.18. The van der Waals surface area contributed by atoms with E-state index in [0.717, 1.165) is 24.4 Å². The van der Waals surface area contributed by atoms with Crippen LogP contribution in [-0.2, 0) is 12.8 Å². The van der Waals surface area contributed by atoms with Crippen molar-refractivity contribution in [2.75, 3.05) is 6.54 Å². The van der Waals surface area contributed by atoms with Gasteiger partial charge in [-0.2, -0.15) is 0 Å². The summed E-state index contributed by atoms with van der Waals surface area (Å²) in [5, 5.41) is 4.55. The van der Waals surface area contributed by atoms with Gasteiger partial charge in [0.1, 0.15) is 0 Å². The Morgan fingerprint density at radius 3 is 2.76 bits per heavy atom. The molecule has 0 saturated carbocycles. The van der Waals surface area contributed by atoms with E-state index in [4.69, 9.17) is 11.6 Å². The van der Waals surface area contributed by atoms with Gasteiger partial charge in [0.25, 0.3) is 0 Å². The van der Waals surface area contributed by atoms with E-state index in [1.165, 1.54) is 16.7 Å². The lowest BCUT2D eigenvalue weighted by Gasteiger charge is -2.28. The zero-order valence-corrected chi connectivity index (χ0v) is 13.3. The predicted molar refractivity (Wildman–Crippen MR) is 87.6 cm³/mol. The van der Waals surface area contributed by atoms with Gasteiger partial charge in [0.2, 0.25) is 0 Å². The van der Waals surface area contributed by atoms with Gasteiger partial charge in [-0.3, -0.25) is 4.98 Å². The molecule has 1 aliphatic carbocycles. The third kappa shape index (κ3) is 3.12. The average Bonchev–Trinajstić information content (AvgIpc) is 2.71. The monoisotopic (exact) mass is 300 g/mol. The Labute approximate surface area is 131 Å². The maximum absolute atomic E-state index is 6.18. The van der Waals surface area contributed by atoms with Gasteiger partial charge in [0.05, 0.1) is 0 Å². The first-order valence-electron chi connectivity index (χ1n) is 7.47. The molecular weight excluding hydrogens is 280 g/mol. The van der Waals surface area contributed by atoms with Gasteiger partial charge in [0, 0.05) is 23.5 Å². The normalized spacial score (nSPS) is 19.5. The Balaban J connectivity index is 1.71. The highest BCUT2D eigenvalue weighted by molar-refractivity contribution is 6.30. The Morgan fingerprint density at radius 2 is 2.00 bits per heavy atom. The third-order valence-corrected chi connectivity index (χ3v) is 4.59. The van der Waals surface area contributed by atoms with E-state index in [2.05, 4.69) is 48.4 Å². The van der Waals surface area contributed by atoms with Crippen LogP contribution in [0.15, 0.2) is 42.7 Å². The quantitative estimate of drug-likeness (QED) is 0.916. The summed E-state index contributed by atoms with van der Waals surface area (Å²) in [6.07, 6.45) is 5.82. The highest BCUT2D eigenvalue weighted by Gasteiger charge is 2.38. The van der Waals surface area contributed by atoms with Crippen LogP contribution in [0, 0.1) is 5.41 Å². The minimum Gasteiger partial charge on any atom is -0.309 e. The molecule has 1 aromatic carbocycles. The standard InChI is InChI=1S/C18H21ClN2/c1-18(2)12-14-3-4-15(19)11-16(14)17(18)21-10-7-13-5-8-20-9-6-13/h3-6,8-9,11,17,21H,7,10,12H2,1-2H3. The molecule has 3 rings (SSSR count). The van der Waals surface area contributed by atoms with Crippen molar-refractivity contribution in [2.45, 2.75) is 32.7 Å². The minimum absolute atomic E-state index is 0.227. The summed E-state index contributed by atoms with van der Waals surface area (Å²) in [5.74, 6) is 0. The molecule has 1 atom stereocenters. The summed E-state index contributed by atoms with van der Waals surface area (Å²) in [7, 11) is 0. The summed E-state index contributed by atoms with van der Waals surface area (Å²) in [4.78, 5) is 4.06. The number of fused-ring (bicyclic) bond motifs is 1. The van der Waals surface area contributed by atoms with Gasteiger partial charge >= 0.3 is 0 Å². The molecule has 0 aliphatic heterocycles. The molecule has 2 aromatic rings. The van der Waals surface area contributed by atoms with Crippen LogP contribution in [0.3, 0.4) is 0 Å². The molecule has 1 aliphatic rings. The summed E-state index contributed by atoms with van der Waals surface area (Å²) >= 11 is 6.18. The van der Waals surface area contributed by atoms with Crippen molar-refractivity contribution in [3.05, 3.63) is 64.4 Å². The van der Waals surface area contributed by atoms with Gasteiger partial charge < -0.3 is 5.32 Å². The number of aromatic nitrogens is 1. The highest BCUT2D eigenvalue weighted by Crippen LogP contribution is 2.45. The zero-order chi connectivity index (χ0) is 14.9. The molecule has 1 N–H and O–H groups in total. The highest BCUT2D eigenvalue weighted by atomic mass is 35.5. The number of halogens is 1. The molecule has 0 radical (unpaired) electrons. The molecule has 1 heterocycles. The smallest absolute Gasteiger partial charge is 0.0409 e. The Hall–Kier alpha value is -1.38. The summed E-state index contributed by atoms with van der Waals surface area (Å²) in [5.41, 5.74) is 4.33. The molecule has 1 aromatic heterocycles. The number of rotatable bonds is 4. The molecule has 0 spiro atoms. The van der Waals surface area contributed by atoms with Crippen LogP contribution in [0.4, 0.5) is 0 Å². The van der Waals surface area contributed by atoms with E-state index in [1.54, 1.807) is 0 Å². The number of hydrogen-bond acceptors (Lipinski definition) is 2.